The average molecular weight is 273 g/mol. The standard InChI is InChI=1S/C13H14Cl2O2/c14-11-4-3-9(6-12(11)15)7-13(16)10-2-1-5-17-8-10/h3-4,6,8,13,16H,1-2,5,7H2. The smallest absolute Gasteiger partial charge is 0.0876 e. The molecule has 0 aliphatic carbocycles. The van der Waals surface area contributed by atoms with E-state index in [9.17, 15) is 5.11 Å². The van der Waals surface area contributed by atoms with Crippen LogP contribution in [0, 0.1) is 0 Å². The highest BCUT2D eigenvalue weighted by atomic mass is 35.5. The van der Waals surface area contributed by atoms with Gasteiger partial charge in [0.05, 0.1) is 29.0 Å². The lowest BCUT2D eigenvalue weighted by Gasteiger charge is -2.19. The van der Waals surface area contributed by atoms with Gasteiger partial charge in [-0.3, -0.25) is 0 Å². The van der Waals surface area contributed by atoms with E-state index < -0.39 is 6.10 Å². The summed E-state index contributed by atoms with van der Waals surface area (Å²) in [4.78, 5) is 0. The minimum absolute atomic E-state index is 0.507. The number of hydrogen-bond acceptors (Lipinski definition) is 2. The SMILES string of the molecule is OC(Cc1ccc(Cl)c(Cl)c1)C1=COCCC1. The first-order valence-electron chi connectivity index (χ1n) is 5.59. The third-order valence-electron chi connectivity index (χ3n) is 2.80. The summed E-state index contributed by atoms with van der Waals surface area (Å²) in [6.07, 6.45) is 3.55. The maximum absolute atomic E-state index is 10.1. The molecule has 0 fully saturated rings. The van der Waals surface area contributed by atoms with Crippen molar-refractivity contribution in [3.05, 3.63) is 45.6 Å². The minimum Gasteiger partial charge on any atom is -0.501 e. The van der Waals surface area contributed by atoms with Crippen molar-refractivity contribution in [1.29, 1.82) is 0 Å². The summed E-state index contributed by atoms with van der Waals surface area (Å²) in [5.41, 5.74) is 1.92. The number of halogens is 2. The van der Waals surface area contributed by atoms with Crippen LogP contribution in [0.1, 0.15) is 18.4 Å². The van der Waals surface area contributed by atoms with Gasteiger partial charge in [-0.25, -0.2) is 0 Å². The molecular weight excluding hydrogens is 259 g/mol. The molecule has 1 aromatic carbocycles. The van der Waals surface area contributed by atoms with Gasteiger partial charge < -0.3 is 9.84 Å². The molecule has 0 radical (unpaired) electrons. The van der Waals surface area contributed by atoms with Crippen molar-refractivity contribution in [3.8, 4) is 0 Å². The second-order valence-electron chi connectivity index (χ2n) is 4.14. The van der Waals surface area contributed by atoms with Crippen molar-refractivity contribution in [2.24, 2.45) is 0 Å². The second-order valence-corrected chi connectivity index (χ2v) is 4.95. The molecule has 1 aromatic rings. The van der Waals surface area contributed by atoms with Gasteiger partial charge in [0.25, 0.3) is 0 Å². The Morgan fingerprint density at radius 2 is 2.12 bits per heavy atom. The molecule has 1 aliphatic rings. The zero-order valence-electron chi connectivity index (χ0n) is 9.33. The zero-order chi connectivity index (χ0) is 12.3. The Morgan fingerprint density at radius 1 is 1.29 bits per heavy atom. The number of aliphatic hydroxyl groups is 1. The highest BCUT2D eigenvalue weighted by molar-refractivity contribution is 6.42. The van der Waals surface area contributed by atoms with E-state index in [1.807, 2.05) is 6.07 Å². The number of ether oxygens (including phenoxy) is 1. The third-order valence-corrected chi connectivity index (χ3v) is 3.54. The van der Waals surface area contributed by atoms with Gasteiger partial charge in [-0.15, -0.1) is 0 Å². The summed E-state index contributed by atoms with van der Waals surface area (Å²) in [5, 5.41) is 11.1. The van der Waals surface area contributed by atoms with Crippen molar-refractivity contribution in [3.63, 3.8) is 0 Å². The number of hydrogen-bond donors (Lipinski definition) is 1. The van der Waals surface area contributed by atoms with E-state index in [1.165, 1.54) is 0 Å². The van der Waals surface area contributed by atoms with Crippen LogP contribution in [0.25, 0.3) is 0 Å². The molecule has 0 saturated heterocycles. The van der Waals surface area contributed by atoms with E-state index in [2.05, 4.69) is 0 Å². The fourth-order valence-corrected chi connectivity index (χ4v) is 2.17. The summed E-state index contributed by atoms with van der Waals surface area (Å²) in [7, 11) is 0. The van der Waals surface area contributed by atoms with Crippen molar-refractivity contribution in [2.45, 2.75) is 25.4 Å². The summed E-state index contributed by atoms with van der Waals surface area (Å²) in [6.45, 7) is 0.739. The molecule has 17 heavy (non-hydrogen) atoms. The summed E-state index contributed by atoms with van der Waals surface area (Å²) >= 11 is 11.8. The maximum Gasteiger partial charge on any atom is 0.0876 e. The lowest BCUT2D eigenvalue weighted by Crippen LogP contribution is -2.17. The second kappa shape index (κ2) is 5.76. The van der Waals surface area contributed by atoms with Crippen LogP contribution >= 0.6 is 23.2 Å². The summed E-state index contributed by atoms with van der Waals surface area (Å²) < 4.78 is 5.21. The molecule has 2 rings (SSSR count). The van der Waals surface area contributed by atoms with Gasteiger partial charge in [0, 0.05) is 6.42 Å². The molecule has 0 amide bonds. The molecular formula is C13H14Cl2O2. The van der Waals surface area contributed by atoms with Gasteiger partial charge in [-0.05, 0) is 36.1 Å². The molecule has 1 N–H and O–H groups in total. The fraction of sp³-hybridized carbons (Fsp3) is 0.385. The average Bonchev–Trinajstić information content (AvgIpc) is 2.35. The molecule has 0 bridgehead atoms. The molecule has 92 valence electrons. The van der Waals surface area contributed by atoms with Gasteiger partial charge in [0.15, 0.2) is 0 Å². The monoisotopic (exact) mass is 272 g/mol. The van der Waals surface area contributed by atoms with Crippen LogP contribution < -0.4 is 0 Å². The number of aliphatic hydroxyl groups excluding tert-OH is 1. The van der Waals surface area contributed by atoms with Crippen molar-refractivity contribution < 1.29 is 9.84 Å². The van der Waals surface area contributed by atoms with E-state index in [0.29, 0.717) is 16.5 Å². The van der Waals surface area contributed by atoms with Crippen LogP contribution in [-0.4, -0.2) is 17.8 Å². The Morgan fingerprint density at radius 3 is 2.76 bits per heavy atom. The Bertz CT molecular complexity index is 429. The topological polar surface area (TPSA) is 29.5 Å². The van der Waals surface area contributed by atoms with Crippen LogP contribution in [0.15, 0.2) is 30.0 Å². The lowest BCUT2D eigenvalue weighted by molar-refractivity contribution is 0.169. The zero-order valence-corrected chi connectivity index (χ0v) is 10.8. The lowest BCUT2D eigenvalue weighted by atomic mass is 9.98. The van der Waals surface area contributed by atoms with Crippen LogP contribution in [0.5, 0.6) is 0 Å². The molecule has 0 aromatic heterocycles. The Balaban J connectivity index is 2.04. The van der Waals surface area contributed by atoms with Crippen molar-refractivity contribution in [1.82, 2.24) is 0 Å². The van der Waals surface area contributed by atoms with Crippen LogP contribution in [0.3, 0.4) is 0 Å². The molecule has 1 unspecified atom stereocenters. The third kappa shape index (κ3) is 3.38. The van der Waals surface area contributed by atoms with Gasteiger partial charge in [0.1, 0.15) is 0 Å². The Kier molecular flexibility index (Phi) is 4.32. The van der Waals surface area contributed by atoms with Gasteiger partial charge >= 0.3 is 0 Å². The predicted octanol–water partition coefficient (Wildman–Crippen LogP) is 3.59. The fourth-order valence-electron chi connectivity index (χ4n) is 1.85. The Labute approximate surface area is 111 Å². The predicted molar refractivity (Wildman–Crippen MR) is 69.4 cm³/mol. The first kappa shape index (κ1) is 12.7. The van der Waals surface area contributed by atoms with Crippen LogP contribution in [-0.2, 0) is 11.2 Å². The van der Waals surface area contributed by atoms with Gasteiger partial charge in [0.2, 0.25) is 0 Å². The molecule has 1 aliphatic heterocycles. The summed E-state index contributed by atoms with van der Waals surface area (Å²) in [5.74, 6) is 0. The molecule has 2 nitrogen and oxygen atoms in total. The van der Waals surface area contributed by atoms with Crippen LogP contribution in [0.2, 0.25) is 10.0 Å². The summed E-state index contributed by atoms with van der Waals surface area (Å²) in [6, 6.07) is 5.41. The highest BCUT2D eigenvalue weighted by Gasteiger charge is 2.15. The Hall–Kier alpha value is -0.700. The van der Waals surface area contributed by atoms with E-state index in [4.69, 9.17) is 27.9 Å². The number of rotatable bonds is 3. The van der Waals surface area contributed by atoms with Gasteiger partial charge in [-0.1, -0.05) is 29.3 Å². The molecule has 1 heterocycles. The van der Waals surface area contributed by atoms with Crippen molar-refractivity contribution in [2.75, 3.05) is 6.61 Å². The van der Waals surface area contributed by atoms with E-state index in [-0.39, 0.29) is 0 Å². The first-order valence-corrected chi connectivity index (χ1v) is 6.35. The quantitative estimate of drug-likeness (QED) is 0.911. The van der Waals surface area contributed by atoms with Gasteiger partial charge in [-0.2, -0.15) is 0 Å². The molecule has 0 spiro atoms. The highest BCUT2D eigenvalue weighted by Crippen LogP contribution is 2.25. The molecule has 4 heteroatoms. The normalized spacial score (nSPS) is 17.2. The minimum atomic E-state index is -0.507. The van der Waals surface area contributed by atoms with E-state index in [0.717, 1.165) is 30.6 Å². The van der Waals surface area contributed by atoms with E-state index >= 15 is 0 Å². The molecule has 0 saturated carbocycles. The van der Waals surface area contributed by atoms with E-state index in [1.54, 1.807) is 18.4 Å². The maximum atomic E-state index is 10.1. The molecule has 1 atom stereocenters. The van der Waals surface area contributed by atoms with Crippen molar-refractivity contribution >= 4 is 23.2 Å². The number of benzene rings is 1. The van der Waals surface area contributed by atoms with Crippen LogP contribution in [0.4, 0.5) is 0 Å². The first-order chi connectivity index (χ1) is 8.16. The largest absolute Gasteiger partial charge is 0.501 e.